The Kier molecular flexibility index (Phi) is 4.37. The van der Waals surface area contributed by atoms with Gasteiger partial charge in [0.15, 0.2) is 0 Å². The average Bonchev–Trinajstić information content (AvgIpc) is 2.90. The third-order valence-corrected chi connectivity index (χ3v) is 3.97. The van der Waals surface area contributed by atoms with Crippen molar-refractivity contribution in [3.05, 3.63) is 33.9 Å². The van der Waals surface area contributed by atoms with Crippen LogP contribution in [0.3, 0.4) is 0 Å². The normalized spacial score (nSPS) is 11.0. The lowest BCUT2D eigenvalue weighted by Crippen LogP contribution is -2.28. The van der Waals surface area contributed by atoms with Crippen LogP contribution in [-0.4, -0.2) is 37.4 Å². The number of amides is 1. The highest BCUT2D eigenvalue weighted by atomic mass is 35.5. The molecule has 0 radical (unpaired) electrons. The quantitative estimate of drug-likeness (QED) is 0.870. The van der Waals surface area contributed by atoms with Crippen molar-refractivity contribution in [3.63, 3.8) is 0 Å². The zero-order valence-corrected chi connectivity index (χ0v) is 13.8. The number of carbonyl (C=O) groups is 1. The summed E-state index contributed by atoms with van der Waals surface area (Å²) in [6, 6.07) is 0. The summed E-state index contributed by atoms with van der Waals surface area (Å²) < 4.78 is 3.52. The van der Waals surface area contributed by atoms with E-state index in [-0.39, 0.29) is 5.91 Å². The smallest absolute Gasteiger partial charge is 0.257 e. The molecule has 0 spiro atoms. The topological polar surface area (TPSA) is 56.0 Å². The van der Waals surface area contributed by atoms with Crippen LogP contribution in [0.2, 0.25) is 5.02 Å². The fraction of sp³-hybridized carbons (Fsp3) is 0.500. The number of hydrogen-bond donors (Lipinski definition) is 0. The van der Waals surface area contributed by atoms with Gasteiger partial charge in [-0.25, -0.2) is 0 Å². The molecule has 0 aliphatic rings. The minimum atomic E-state index is -0.0574. The van der Waals surface area contributed by atoms with Gasteiger partial charge in [-0.3, -0.25) is 14.2 Å². The summed E-state index contributed by atoms with van der Waals surface area (Å²) in [5.74, 6) is -0.0574. The molecule has 2 rings (SSSR count). The summed E-state index contributed by atoms with van der Waals surface area (Å²) in [4.78, 5) is 14.3. The molecule has 0 saturated carbocycles. The van der Waals surface area contributed by atoms with Gasteiger partial charge in [0, 0.05) is 26.3 Å². The van der Waals surface area contributed by atoms with Gasteiger partial charge >= 0.3 is 0 Å². The zero-order chi connectivity index (χ0) is 15.7. The van der Waals surface area contributed by atoms with Gasteiger partial charge in [0.05, 0.1) is 34.7 Å². The summed E-state index contributed by atoms with van der Waals surface area (Å²) in [6.07, 6.45) is 1.61. The molecule has 0 aromatic carbocycles. The van der Waals surface area contributed by atoms with Gasteiger partial charge < -0.3 is 4.90 Å². The Morgan fingerprint density at radius 3 is 2.62 bits per heavy atom. The van der Waals surface area contributed by atoms with E-state index >= 15 is 0 Å². The molecule has 0 N–H and O–H groups in total. The SMILES string of the molecule is CCn1ncc(Cl)c1CN(C)C(=O)c1c(C)nn(C)c1C. The zero-order valence-electron chi connectivity index (χ0n) is 13.0. The second-order valence-corrected chi connectivity index (χ2v) is 5.49. The summed E-state index contributed by atoms with van der Waals surface area (Å²) >= 11 is 6.15. The molecule has 7 heteroatoms. The van der Waals surface area contributed by atoms with Gasteiger partial charge in [0.2, 0.25) is 0 Å². The second kappa shape index (κ2) is 5.89. The van der Waals surface area contributed by atoms with E-state index < -0.39 is 0 Å². The number of halogens is 1. The number of aromatic nitrogens is 4. The largest absolute Gasteiger partial charge is 0.336 e. The lowest BCUT2D eigenvalue weighted by molar-refractivity contribution is 0.0780. The van der Waals surface area contributed by atoms with Crippen molar-refractivity contribution in [2.75, 3.05) is 7.05 Å². The van der Waals surface area contributed by atoms with Gasteiger partial charge in [-0.1, -0.05) is 11.6 Å². The van der Waals surface area contributed by atoms with Gasteiger partial charge in [-0.05, 0) is 20.8 Å². The van der Waals surface area contributed by atoms with E-state index in [1.165, 1.54) is 0 Å². The first-order valence-electron chi connectivity index (χ1n) is 6.82. The highest BCUT2D eigenvalue weighted by molar-refractivity contribution is 6.31. The van der Waals surface area contributed by atoms with Crippen molar-refractivity contribution in [1.82, 2.24) is 24.5 Å². The molecule has 0 atom stereocenters. The first-order valence-corrected chi connectivity index (χ1v) is 7.20. The maximum absolute atomic E-state index is 12.6. The Morgan fingerprint density at radius 2 is 2.10 bits per heavy atom. The molecule has 0 aliphatic carbocycles. The maximum atomic E-state index is 12.6. The number of nitrogens with zero attached hydrogens (tertiary/aromatic N) is 5. The molecule has 2 aromatic heterocycles. The number of hydrogen-bond acceptors (Lipinski definition) is 3. The van der Waals surface area contributed by atoms with E-state index in [9.17, 15) is 4.79 Å². The van der Waals surface area contributed by atoms with E-state index in [2.05, 4.69) is 10.2 Å². The fourth-order valence-corrected chi connectivity index (χ4v) is 2.59. The molecular formula is C14H20ClN5O. The van der Waals surface area contributed by atoms with Crippen LogP contribution in [0, 0.1) is 13.8 Å². The Hall–Kier alpha value is -1.82. The van der Waals surface area contributed by atoms with Crippen LogP contribution in [0.1, 0.15) is 34.4 Å². The predicted octanol–water partition coefficient (Wildman–Crippen LogP) is 2.18. The highest BCUT2D eigenvalue weighted by Gasteiger charge is 2.22. The van der Waals surface area contributed by atoms with Crippen LogP contribution in [0.4, 0.5) is 0 Å². The molecule has 0 saturated heterocycles. The van der Waals surface area contributed by atoms with E-state index in [4.69, 9.17) is 11.6 Å². The van der Waals surface area contributed by atoms with Crippen LogP contribution in [0.15, 0.2) is 6.20 Å². The lowest BCUT2D eigenvalue weighted by Gasteiger charge is -2.18. The molecule has 6 nitrogen and oxygen atoms in total. The van der Waals surface area contributed by atoms with Crippen LogP contribution in [-0.2, 0) is 20.1 Å². The van der Waals surface area contributed by atoms with Crippen molar-refractivity contribution < 1.29 is 4.79 Å². The molecule has 0 unspecified atom stereocenters. The monoisotopic (exact) mass is 309 g/mol. The summed E-state index contributed by atoms with van der Waals surface area (Å²) in [5.41, 5.74) is 3.09. The number of carbonyl (C=O) groups excluding carboxylic acids is 1. The van der Waals surface area contributed by atoms with E-state index in [0.717, 1.165) is 23.6 Å². The van der Waals surface area contributed by atoms with E-state index in [0.29, 0.717) is 17.1 Å². The minimum absolute atomic E-state index is 0.0574. The summed E-state index contributed by atoms with van der Waals surface area (Å²) in [6.45, 7) is 6.86. The van der Waals surface area contributed by atoms with Crippen LogP contribution < -0.4 is 0 Å². The lowest BCUT2D eigenvalue weighted by atomic mass is 10.1. The number of aryl methyl sites for hydroxylation is 3. The third-order valence-electron chi connectivity index (χ3n) is 3.65. The van der Waals surface area contributed by atoms with E-state index in [1.54, 1.807) is 27.5 Å². The Labute approximate surface area is 129 Å². The van der Waals surface area contributed by atoms with Gasteiger partial charge in [-0.15, -0.1) is 0 Å². The highest BCUT2D eigenvalue weighted by Crippen LogP contribution is 2.19. The second-order valence-electron chi connectivity index (χ2n) is 5.09. The molecule has 2 heterocycles. The van der Waals surface area contributed by atoms with Gasteiger partial charge in [0.25, 0.3) is 5.91 Å². The van der Waals surface area contributed by atoms with Crippen LogP contribution >= 0.6 is 11.6 Å². The molecule has 0 bridgehead atoms. The molecule has 21 heavy (non-hydrogen) atoms. The molecular weight excluding hydrogens is 290 g/mol. The van der Waals surface area contributed by atoms with Crippen molar-refractivity contribution in [2.24, 2.45) is 7.05 Å². The fourth-order valence-electron chi connectivity index (χ4n) is 2.39. The average molecular weight is 310 g/mol. The first-order chi connectivity index (χ1) is 9.86. The Balaban J connectivity index is 2.26. The molecule has 0 fully saturated rings. The van der Waals surface area contributed by atoms with Gasteiger partial charge in [0.1, 0.15) is 0 Å². The summed E-state index contributed by atoms with van der Waals surface area (Å²) in [5, 5.41) is 9.06. The summed E-state index contributed by atoms with van der Waals surface area (Å²) in [7, 11) is 3.60. The Bertz CT molecular complexity index is 673. The standard InChI is InChI=1S/C14H20ClN5O/c1-6-20-12(11(15)7-16-20)8-18(4)14(21)13-9(2)17-19(5)10(13)3/h7H,6,8H2,1-5H3. The molecule has 1 amide bonds. The van der Waals surface area contributed by atoms with Crippen molar-refractivity contribution in [1.29, 1.82) is 0 Å². The minimum Gasteiger partial charge on any atom is -0.336 e. The molecule has 0 aliphatic heterocycles. The van der Waals surface area contributed by atoms with Crippen LogP contribution in [0.25, 0.3) is 0 Å². The van der Waals surface area contributed by atoms with Crippen molar-refractivity contribution in [3.8, 4) is 0 Å². The van der Waals surface area contributed by atoms with Crippen molar-refractivity contribution >= 4 is 17.5 Å². The predicted molar refractivity (Wildman–Crippen MR) is 81.4 cm³/mol. The first kappa shape index (κ1) is 15.6. The molecule has 2 aromatic rings. The number of rotatable bonds is 4. The third kappa shape index (κ3) is 2.81. The van der Waals surface area contributed by atoms with Crippen LogP contribution in [0.5, 0.6) is 0 Å². The Morgan fingerprint density at radius 1 is 1.43 bits per heavy atom. The maximum Gasteiger partial charge on any atom is 0.257 e. The van der Waals surface area contributed by atoms with Crippen molar-refractivity contribution in [2.45, 2.75) is 33.9 Å². The van der Waals surface area contributed by atoms with E-state index in [1.807, 2.05) is 27.8 Å². The van der Waals surface area contributed by atoms with Gasteiger partial charge in [-0.2, -0.15) is 10.2 Å². The molecule has 114 valence electrons.